The van der Waals surface area contributed by atoms with Gasteiger partial charge in [-0.2, -0.15) is 0 Å². The molecule has 15 heavy (non-hydrogen) atoms. The van der Waals surface area contributed by atoms with Crippen molar-refractivity contribution in [3.8, 4) is 0 Å². The number of nitrogens with one attached hydrogen (secondary N) is 1. The van der Waals surface area contributed by atoms with Crippen molar-refractivity contribution in [2.75, 3.05) is 31.6 Å². The number of hydrogen-bond acceptors (Lipinski definition) is 3. The Hall–Kier alpha value is -1.03. The smallest absolute Gasteiger partial charge is 0.205 e. The van der Waals surface area contributed by atoms with Crippen LogP contribution in [0.15, 0.2) is 12.4 Å². The van der Waals surface area contributed by atoms with Gasteiger partial charge in [0.05, 0.1) is 0 Å². The van der Waals surface area contributed by atoms with E-state index in [9.17, 15) is 0 Å². The standard InChI is InChI=1S/C11H20N4/c1-12-9-10-3-6-15(7-4-10)11-13-5-8-14(11)2/h5,8,10,12H,3-4,6-7,9H2,1-2H3. The molecule has 1 aliphatic rings. The first kappa shape index (κ1) is 10.5. The Kier molecular flexibility index (Phi) is 3.26. The molecule has 1 aliphatic heterocycles. The van der Waals surface area contributed by atoms with E-state index in [1.165, 1.54) is 12.8 Å². The van der Waals surface area contributed by atoms with E-state index in [1.807, 2.05) is 19.4 Å². The Bertz CT molecular complexity index is 299. The van der Waals surface area contributed by atoms with Gasteiger partial charge < -0.3 is 14.8 Å². The summed E-state index contributed by atoms with van der Waals surface area (Å²) in [7, 11) is 4.09. The summed E-state index contributed by atoms with van der Waals surface area (Å²) in [5.74, 6) is 1.95. The first-order valence-corrected chi connectivity index (χ1v) is 5.68. The minimum absolute atomic E-state index is 0.839. The molecule has 1 aromatic heterocycles. The lowest BCUT2D eigenvalue weighted by Gasteiger charge is -2.32. The van der Waals surface area contributed by atoms with E-state index in [1.54, 1.807) is 0 Å². The monoisotopic (exact) mass is 208 g/mol. The van der Waals surface area contributed by atoms with Gasteiger partial charge >= 0.3 is 0 Å². The van der Waals surface area contributed by atoms with Crippen LogP contribution < -0.4 is 10.2 Å². The molecule has 4 nitrogen and oxygen atoms in total. The summed E-state index contributed by atoms with van der Waals surface area (Å²) in [6, 6.07) is 0. The second kappa shape index (κ2) is 4.66. The van der Waals surface area contributed by atoms with Crippen LogP contribution in [0.5, 0.6) is 0 Å². The molecule has 0 aliphatic carbocycles. The van der Waals surface area contributed by atoms with Gasteiger partial charge in [-0.3, -0.25) is 0 Å². The molecule has 2 rings (SSSR count). The third-order valence-corrected chi connectivity index (χ3v) is 3.19. The maximum absolute atomic E-state index is 4.38. The molecule has 0 unspecified atom stereocenters. The summed E-state index contributed by atoms with van der Waals surface area (Å²) in [4.78, 5) is 6.76. The Balaban J connectivity index is 1.91. The van der Waals surface area contributed by atoms with Crippen LogP contribution in [0.1, 0.15) is 12.8 Å². The average molecular weight is 208 g/mol. The number of aromatic nitrogens is 2. The fourth-order valence-electron chi connectivity index (χ4n) is 2.29. The summed E-state index contributed by atoms with van der Waals surface area (Å²) in [6.45, 7) is 3.42. The Morgan fingerprint density at radius 3 is 2.73 bits per heavy atom. The summed E-state index contributed by atoms with van der Waals surface area (Å²) >= 11 is 0. The SMILES string of the molecule is CNCC1CCN(c2nccn2C)CC1. The minimum atomic E-state index is 0.839. The van der Waals surface area contributed by atoms with Crippen molar-refractivity contribution >= 4 is 5.95 Å². The van der Waals surface area contributed by atoms with Crippen molar-refractivity contribution in [1.82, 2.24) is 14.9 Å². The molecule has 84 valence electrons. The van der Waals surface area contributed by atoms with Crippen molar-refractivity contribution in [3.63, 3.8) is 0 Å². The van der Waals surface area contributed by atoms with Crippen molar-refractivity contribution < 1.29 is 0 Å². The Morgan fingerprint density at radius 1 is 1.47 bits per heavy atom. The molecule has 0 amide bonds. The topological polar surface area (TPSA) is 33.1 Å². The van der Waals surface area contributed by atoms with Gasteiger partial charge in [0.25, 0.3) is 0 Å². The van der Waals surface area contributed by atoms with Crippen LogP contribution in [0, 0.1) is 5.92 Å². The molecule has 0 spiro atoms. The zero-order chi connectivity index (χ0) is 10.7. The molecule has 4 heteroatoms. The normalized spacial score (nSPS) is 18.4. The van der Waals surface area contributed by atoms with Gasteiger partial charge in [0, 0.05) is 32.5 Å². The molecule has 1 N–H and O–H groups in total. The number of aryl methyl sites for hydroxylation is 1. The lowest BCUT2D eigenvalue weighted by atomic mass is 9.97. The van der Waals surface area contributed by atoms with Crippen molar-refractivity contribution in [2.24, 2.45) is 13.0 Å². The molecule has 1 fully saturated rings. The van der Waals surface area contributed by atoms with Crippen molar-refractivity contribution in [3.05, 3.63) is 12.4 Å². The second-order valence-electron chi connectivity index (χ2n) is 4.33. The van der Waals surface area contributed by atoms with E-state index in [-0.39, 0.29) is 0 Å². The van der Waals surface area contributed by atoms with E-state index >= 15 is 0 Å². The predicted octanol–water partition coefficient (Wildman–Crippen LogP) is 0.856. The average Bonchev–Trinajstić information content (AvgIpc) is 2.66. The van der Waals surface area contributed by atoms with E-state index in [2.05, 4.69) is 26.8 Å². The van der Waals surface area contributed by atoms with E-state index in [0.717, 1.165) is 31.5 Å². The van der Waals surface area contributed by atoms with Gasteiger partial charge in [0.15, 0.2) is 0 Å². The summed E-state index contributed by atoms with van der Waals surface area (Å²) < 4.78 is 2.10. The zero-order valence-electron chi connectivity index (χ0n) is 9.61. The lowest BCUT2D eigenvalue weighted by Crippen LogP contribution is -2.37. The Labute approximate surface area is 91.3 Å². The lowest BCUT2D eigenvalue weighted by molar-refractivity contribution is 0.389. The highest BCUT2D eigenvalue weighted by molar-refractivity contribution is 5.31. The summed E-state index contributed by atoms with van der Waals surface area (Å²) in [6.07, 6.45) is 6.42. The van der Waals surface area contributed by atoms with Crippen LogP contribution in [0.4, 0.5) is 5.95 Å². The van der Waals surface area contributed by atoms with Crippen molar-refractivity contribution in [1.29, 1.82) is 0 Å². The maximum Gasteiger partial charge on any atom is 0.205 e. The van der Waals surface area contributed by atoms with Crippen LogP contribution in [0.2, 0.25) is 0 Å². The minimum Gasteiger partial charge on any atom is -0.342 e. The first-order chi connectivity index (χ1) is 7.31. The molecule has 0 saturated carbocycles. The summed E-state index contributed by atoms with van der Waals surface area (Å²) in [5.41, 5.74) is 0. The molecule has 1 aromatic rings. The number of anilines is 1. The number of piperidine rings is 1. The second-order valence-corrected chi connectivity index (χ2v) is 4.33. The largest absolute Gasteiger partial charge is 0.342 e. The number of nitrogens with zero attached hydrogens (tertiary/aromatic N) is 3. The van der Waals surface area contributed by atoms with Gasteiger partial charge in [-0.1, -0.05) is 0 Å². The van der Waals surface area contributed by atoms with Gasteiger partial charge in [0.1, 0.15) is 0 Å². The zero-order valence-corrected chi connectivity index (χ0v) is 9.61. The highest BCUT2D eigenvalue weighted by atomic mass is 15.3. The molecular formula is C11H20N4. The molecule has 0 atom stereocenters. The van der Waals surface area contributed by atoms with Gasteiger partial charge in [0.2, 0.25) is 5.95 Å². The quantitative estimate of drug-likeness (QED) is 0.799. The number of rotatable bonds is 3. The third-order valence-electron chi connectivity index (χ3n) is 3.19. The van der Waals surface area contributed by atoms with Crippen LogP contribution in [-0.4, -0.2) is 36.2 Å². The van der Waals surface area contributed by atoms with Crippen LogP contribution in [0.3, 0.4) is 0 Å². The molecule has 1 saturated heterocycles. The van der Waals surface area contributed by atoms with Gasteiger partial charge in [-0.05, 0) is 32.4 Å². The van der Waals surface area contributed by atoms with Crippen molar-refractivity contribution in [2.45, 2.75) is 12.8 Å². The number of hydrogen-bond donors (Lipinski definition) is 1. The maximum atomic E-state index is 4.38. The Morgan fingerprint density at radius 2 is 2.20 bits per heavy atom. The van der Waals surface area contributed by atoms with Crippen LogP contribution >= 0.6 is 0 Å². The number of imidazole rings is 1. The van der Waals surface area contributed by atoms with Gasteiger partial charge in [-0.15, -0.1) is 0 Å². The molecular weight excluding hydrogens is 188 g/mol. The van der Waals surface area contributed by atoms with Crippen LogP contribution in [0.25, 0.3) is 0 Å². The highest BCUT2D eigenvalue weighted by Gasteiger charge is 2.20. The highest BCUT2D eigenvalue weighted by Crippen LogP contribution is 2.20. The van der Waals surface area contributed by atoms with Crippen LogP contribution in [-0.2, 0) is 7.05 Å². The van der Waals surface area contributed by atoms with E-state index in [4.69, 9.17) is 0 Å². The summed E-state index contributed by atoms with van der Waals surface area (Å²) in [5, 5.41) is 3.26. The fraction of sp³-hybridized carbons (Fsp3) is 0.727. The van der Waals surface area contributed by atoms with Gasteiger partial charge in [-0.25, -0.2) is 4.98 Å². The first-order valence-electron chi connectivity index (χ1n) is 5.68. The molecule has 0 bridgehead atoms. The third kappa shape index (κ3) is 2.31. The predicted molar refractivity (Wildman–Crippen MR) is 62.1 cm³/mol. The molecule has 0 aromatic carbocycles. The van der Waals surface area contributed by atoms with E-state index < -0.39 is 0 Å². The fourth-order valence-corrected chi connectivity index (χ4v) is 2.29. The molecule has 2 heterocycles. The van der Waals surface area contributed by atoms with E-state index in [0.29, 0.717) is 0 Å². The molecule has 0 radical (unpaired) electrons.